The van der Waals surface area contributed by atoms with E-state index in [-0.39, 0.29) is 0 Å². The quantitative estimate of drug-likeness (QED) is 0.815. The molecule has 4 saturated carbocycles. The number of nitriles is 1. The van der Waals surface area contributed by atoms with Gasteiger partial charge in [0.1, 0.15) is 6.07 Å². The van der Waals surface area contributed by atoms with E-state index in [9.17, 15) is 0 Å². The van der Waals surface area contributed by atoms with Gasteiger partial charge < -0.3 is 4.42 Å². The highest BCUT2D eigenvalue weighted by Gasteiger charge is 2.52. The Hall–Kier alpha value is -0.950. The molecule has 4 aliphatic rings. The molecule has 1 heterocycles. The highest BCUT2D eigenvalue weighted by atomic mass is 32.2. The van der Waals surface area contributed by atoms with E-state index in [0.29, 0.717) is 10.4 Å². The Morgan fingerprint density at radius 2 is 1.83 bits per heavy atom. The Bertz CT molecular complexity index is 481. The third-order valence-corrected chi connectivity index (χ3v) is 6.34. The van der Waals surface area contributed by atoms with E-state index >= 15 is 0 Å². The van der Waals surface area contributed by atoms with Crippen LogP contribution in [0.1, 0.15) is 44.2 Å². The smallest absolute Gasteiger partial charge is 0.199 e. The molecule has 1 aromatic heterocycles. The van der Waals surface area contributed by atoms with Gasteiger partial charge in [0.2, 0.25) is 0 Å². The van der Waals surface area contributed by atoms with Crippen molar-refractivity contribution in [1.82, 2.24) is 4.98 Å². The van der Waals surface area contributed by atoms with Crippen LogP contribution < -0.4 is 0 Å². The van der Waals surface area contributed by atoms with Crippen molar-refractivity contribution in [2.75, 3.05) is 0 Å². The normalized spacial score (nSPS) is 40.9. The second-order valence-electron chi connectivity index (χ2n) is 6.30. The summed E-state index contributed by atoms with van der Waals surface area (Å²) in [6.07, 6.45) is 9.69. The largest absolute Gasteiger partial charge is 0.436 e. The zero-order chi connectivity index (χ0) is 12.2. The molecule has 4 fully saturated rings. The number of oxazole rings is 1. The third kappa shape index (κ3) is 1.60. The van der Waals surface area contributed by atoms with Crippen LogP contribution in [0.3, 0.4) is 0 Å². The maximum Gasteiger partial charge on any atom is 0.199 e. The summed E-state index contributed by atoms with van der Waals surface area (Å²) in [6, 6.07) is 2.13. The van der Waals surface area contributed by atoms with Crippen molar-refractivity contribution in [2.24, 2.45) is 17.8 Å². The molecule has 0 unspecified atom stereocenters. The molecule has 0 aliphatic heterocycles. The fourth-order valence-corrected chi connectivity index (χ4v) is 6.37. The number of hydrogen-bond acceptors (Lipinski definition) is 4. The maximum absolute atomic E-state index is 9.03. The second-order valence-corrected chi connectivity index (χ2v) is 7.74. The number of nitrogens with zero attached hydrogens (tertiary/aromatic N) is 2. The van der Waals surface area contributed by atoms with E-state index in [0.717, 1.165) is 22.8 Å². The minimum absolute atomic E-state index is 0.347. The van der Waals surface area contributed by atoms with E-state index in [1.807, 2.05) is 11.8 Å². The van der Waals surface area contributed by atoms with E-state index in [1.54, 1.807) is 0 Å². The first-order valence-corrected chi connectivity index (χ1v) is 7.60. The van der Waals surface area contributed by atoms with Gasteiger partial charge in [0, 0.05) is 4.75 Å². The number of aromatic nitrogens is 1. The Labute approximate surface area is 111 Å². The van der Waals surface area contributed by atoms with Gasteiger partial charge in [0.05, 0.1) is 0 Å². The van der Waals surface area contributed by atoms with E-state index < -0.39 is 0 Å². The Morgan fingerprint density at radius 1 is 1.22 bits per heavy atom. The highest BCUT2D eigenvalue weighted by Crippen LogP contribution is 2.62. The molecule has 3 nitrogen and oxygen atoms in total. The molecule has 0 atom stereocenters. The molecule has 4 heteroatoms. The lowest BCUT2D eigenvalue weighted by atomic mass is 9.56. The number of thioether (sulfide) groups is 1. The first-order chi connectivity index (χ1) is 8.76. The van der Waals surface area contributed by atoms with Gasteiger partial charge in [0.15, 0.2) is 17.2 Å². The van der Waals surface area contributed by atoms with Gasteiger partial charge in [0.25, 0.3) is 0 Å². The average Bonchev–Trinajstić information content (AvgIpc) is 2.73. The SMILES string of the molecule is N#Cc1ncoc1SC12CC3CC(CC(C3)C1)C2. The summed E-state index contributed by atoms with van der Waals surface area (Å²) in [5.74, 6) is 2.78. The zero-order valence-electron chi connectivity index (χ0n) is 10.3. The van der Waals surface area contributed by atoms with Gasteiger partial charge in [-0.3, -0.25) is 0 Å². The van der Waals surface area contributed by atoms with Crippen molar-refractivity contribution in [3.8, 4) is 6.07 Å². The molecule has 94 valence electrons. The van der Waals surface area contributed by atoms with E-state index in [4.69, 9.17) is 9.68 Å². The molecule has 0 aromatic carbocycles. The topological polar surface area (TPSA) is 49.8 Å². The lowest BCUT2D eigenvalue weighted by Gasteiger charge is -2.56. The van der Waals surface area contributed by atoms with Crippen LogP contribution in [0, 0.1) is 29.1 Å². The summed E-state index contributed by atoms with van der Waals surface area (Å²) in [5.41, 5.74) is 0.468. The first-order valence-electron chi connectivity index (χ1n) is 6.79. The predicted octanol–water partition coefficient (Wildman–Crippen LogP) is 3.61. The lowest BCUT2D eigenvalue weighted by molar-refractivity contribution is 0.0380. The van der Waals surface area contributed by atoms with Crippen LogP contribution in [0.25, 0.3) is 0 Å². The van der Waals surface area contributed by atoms with Crippen molar-refractivity contribution >= 4 is 11.8 Å². The lowest BCUT2D eigenvalue weighted by Crippen LogP contribution is -2.48. The monoisotopic (exact) mass is 260 g/mol. The molecule has 0 N–H and O–H groups in total. The molecule has 5 rings (SSSR count). The standard InChI is InChI=1S/C14H16N2OS/c15-7-12-13(17-8-16-12)18-14-4-9-1-10(5-14)3-11(2-9)6-14/h8-11H,1-6H2. The van der Waals surface area contributed by atoms with Crippen molar-refractivity contribution in [1.29, 1.82) is 5.26 Å². The maximum atomic E-state index is 9.03. The van der Waals surface area contributed by atoms with Crippen molar-refractivity contribution in [3.05, 3.63) is 12.1 Å². The Morgan fingerprint density at radius 3 is 2.39 bits per heavy atom. The minimum Gasteiger partial charge on any atom is -0.436 e. The molecule has 4 aliphatic carbocycles. The summed E-state index contributed by atoms with van der Waals surface area (Å²) < 4.78 is 5.77. The molecule has 0 amide bonds. The molecular weight excluding hydrogens is 244 g/mol. The first kappa shape index (κ1) is 10.9. The van der Waals surface area contributed by atoms with Gasteiger partial charge in [-0.05, 0) is 56.3 Å². The highest BCUT2D eigenvalue weighted by molar-refractivity contribution is 8.00. The molecule has 18 heavy (non-hydrogen) atoms. The van der Waals surface area contributed by atoms with Crippen LogP contribution in [0.2, 0.25) is 0 Å². The van der Waals surface area contributed by atoms with Gasteiger partial charge in [-0.2, -0.15) is 5.26 Å². The van der Waals surface area contributed by atoms with Crippen LogP contribution in [-0.4, -0.2) is 9.73 Å². The average molecular weight is 260 g/mol. The molecular formula is C14H16N2OS. The number of rotatable bonds is 2. The minimum atomic E-state index is 0.347. The van der Waals surface area contributed by atoms with Crippen molar-refractivity contribution < 1.29 is 4.42 Å². The summed E-state index contributed by atoms with van der Waals surface area (Å²) in [7, 11) is 0. The van der Waals surface area contributed by atoms with Gasteiger partial charge in [-0.1, -0.05) is 11.8 Å². The molecule has 1 aromatic rings. The molecule has 0 saturated heterocycles. The summed E-state index contributed by atoms with van der Waals surface area (Å²) >= 11 is 1.81. The van der Waals surface area contributed by atoms with Crippen LogP contribution in [0.4, 0.5) is 0 Å². The van der Waals surface area contributed by atoms with Crippen LogP contribution >= 0.6 is 11.8 Å². The molecule has 4 bridgehead atoms. The second kappa shape index (κ2) is 3.77. The number of hydrogen-bond donors (Lipinski definition) is 0. The molecule has 0 radical (unpaired) electrons. The van der Waals surface area contributed by atoms with Gasteiger partial charge in [-0.25, -0.2) is 4.98 Å². The zero-order valence-corrected chi connectivity index (χ0v) is 11.1. The fourth-order valence-electron chi connectivity index (χ4n) is 4.74. The predicted molar refractivity (Wildman–Crippen MR) is 68.0 cm³/mol. The van der Waals surface area contributed by atoms with Crippen LogP contribution in [-0.2, 0) is 0 Å². The van der Waals surface area contributed by atoms with Crippen LogP contribution in [0.15, 0.2) is 15.9 Å². The fraction of sp³-hybridized carbons (Fsp3) is 0.714. The summed E-state index contributed by atoms with van der Waals surface area (Å²) in [5, 5.41) is 9.78. The summed E-state index contributed by atoms with van der Waals surface area (Å²) in [4.78, 5) is 3.98. The van der Waals surface area contributed by atoms with Crippen molar-refractivity contribution in [2.45, 2.75) is 48.4 Å². The van der Waals surface area contributed by atoms with Gasteiger partial charge in [-0.15, -0.1) is 0 Å². The third-order valence-electron chi connectivity index (χ3n) is 4.93. The van der Waals surface area contributed by atoms with Gasteiger partial charge >= 0.3 is 0 Å². The summed E-state index contributed by atoms with van der Waals surface area (Å²) in [6.45, 7) is 0. The van der Waals surface area contributed by atoms with E-state index in [1.165, 1.54) is 44.9 Å². The Kier molecular flexibility index (Phi) is 2.29. The van der Waals surface area contributed by atoms with E-state index in [2.05, 4.69) is 11.1 Å². The molecule has 0 spiro atoms. The van der Waals surface area contributed by atoms with Crippen molar-refractivity contribution in [3.63, 3.8) is 0 Å². The Balaban J connectivity index is 1.63. The van der Waals surface area contributed by atoms with Crippen LogP contribution in [0.5, 0.6) is 0 Å².